The van der Waals surface area contributed by atoms with Crippen LogP contribution in [0.2, 0.25) is 0 Å². The molecule has 0 bridgehead atoms. The Kier molecular flexibility index (Phi) is 3.06. The van der Waals surface area contributed by atoms with Gasteiger partial charge in [0, 0.05) is 11.3 Å². The molecule has 0 atom stereocenters. The Morgan fingerprint density at radius 2 is 2.00 bits per heavy atom. The average molecular weight is 194 g/mol. The van der Waals surface area contributed by atoms with E-state index in [1.165, 1.54) is 0 Å². The first-order chi connectivity index (χ1) is 6.61. The minimum atomic E-state index is -0.339. The number of nitrogens with zero attached hydrogens (tertiary/aromatic N) is 1. The maximum Gasteiger partial charge on any atom is 0.277 e. The SMILES string of the molecule is CCc1ccc(N)c(CC)c1[N+](=O)[O-]. The van der Waals surface area contributed by atoms with Crippen LogP contribution in [0.25, 0.3) is 0 Å². The molecule has 1 aromatic carbocycles. The van der Waals surface area contributed by atoms with Crippen LogP contribution in [0.4, 0.5) is 11.4 Å². The summed E-state index contributed by atoms with van der Waals surface area (Å²) >= 11 is 0. The molecule has 0 aliphatic heterocycles. The summed E-state index contributed by atoms with van der Waals surface area (Å²) in [5, 5.41) is 10.9. The van der Waals surface area contributed by atoms with E-state index in [2.05, 4.69) is 0 Å². The van der Waals surface area contributed by atoms with Gasteiger partial charge in [-0.1, -0.05) is 19.9 Å². The second-order valence-electron chi connectivity index (χ2n) is 3.11. The summed E-state index contributed by atoms with van der Waals surface area (Å²) < 4.78 is 0. The lowest BCUT2D eigenvalue weighted by molar-refractivity contribution is -0.386. The smallest absolute Gasteiger partial charge is 0.277 e. The topological polar surface area (TPSA) is 69.2 Å². The van der Waals surface area contributed by atoms with E-state index < -0.39 is 0 Å². The normalized spacial score (nSPS) is 10.1. The van der Waals surface area contributed by atoms with E-state index in [9.17, 15) is 10.1 Å². The van der Waals surface area contributed by atoms with Gasteiger partial charge in [0.15, 0.2) is 0 Å². The number of hydrogen-bond acceptors (Lipinski definition) is 3. The number of nitro benzene ring substituents is 1. The first-order valence-corrected chi connectivity index (χ1v) is 4.66. The predicted molar refractivity (Wildman–Crippen MR) is 56.3 cm³/mol. The molecule has 1 rings (SSSR count). The molecule has 1 aromatic rings. The Labute approximate surface area is 82.9 Å². The van der Waals surface area contributed by atoms with Crippen molar-refractivity contribution in [2.45, 2.75) is 26.7 Å². The third-order valence-electron chi connectivity index (χ3n) is 2.32. The lowest BCUT2D eigenvalue weighted by Gasteiger charge is -2.07. The Morgan fingerprint density at radius 3 is 2.43 bits per heavy atom. The zero-order chi connectivity index (χ0) is 10.7. The van der Waals surface area contributed by atoms with Crippen LogP contribution in [0, 0.1) is 10.1 Å². The fraction of sp³-hybridized carbons (Fsp3) is 0.400. The third-order valence-corrected chi connectivity index (χ3v) is 2.32. The minimum Gasteiger partial charge on any atom is -0.398 e. The summed E-state index contributed by atoms with van der Waals surface area (Å²) in [6.07, 6.45) is 1.25. The van der Waals surface area contributed by atoms with Crippen molar-refractivity contribution >= 4 is 11.4 Å². The number of aryl methyl sites for hydroxylation is 1. The second-order valence-corrected chi connectivity index (χ2v) is 3.11. The van der Waals surface area contributed by atoms with Gasteiger partial charge in [-0.2, -0.15) is 0 Å². The van der Waals surface area contributed by atoms with Crippen molar-refractivity contribution in [3.63, 3.8) is 0 Å². The van der Waals surface area contributed by atoms with E-state index in [1.807, 2.05) is 13.8 Å². The van der Waals surface area contributed by atoms with Crippen LogP contribution in [-0.2, 0) is 12.8 Å². The zero-order valence-electron chi connectivity index (χ0n) is 8.41. The summed E-state index contributed by atoms with van der Waals surface area (Å²) in [5.41, 5.74) is 7.79. The van der Waals surface area contributed by atoms with E-state index in [-0.39, 0.29) is 10.6 Å². The molecule has 4 nitrogen and oxygen atoms in total. The number of benzene rings is 1. The van der Waals surface area contributed by atoms with Crippen molar-refractivity contribution in [1.29, 1.82) is 0 Å². The van der Waals surface area contributed by atoms with E-state index in [4.69, 9.17) is 5.73 Å². The summed E-state index contributed by atoms with van der Waals surface area (Å²) in [5.74, 6) is 0. The molecule has 0 aromatic heterocycles. The van der Waals surface area contributed by atoms with Crippen molar-refractivity contribution in [2.75, 3.05) is 5.73 Å². The number of anilines is 1. The van der Waals surface area contributed by atoms with Gasteiger partial charge in [0.2, 0.25) is 0 Å². The van der Waals surface area contributed by atoms with Crippen LogP contribution in [0.5, 0.6) is 0 Å². The highest BCUT2D eigenvalue weighted by Crippen LogP contribution is 2.29. The first-order valence-electron chi connectivity index (χ1n) is 4.66. The molecule has 0 unspecified atom stereocenters. The molecule has 4 heteroatoms. The fourth-order valence-electron chi connectivity index (χ4n) is 1.58. The largest absolute Gasteiger partial charge is 0.398 e. The average Bonchev–Trinajstić information content (AvgIpc) is 2.17. The van der Waals surface area contributed by atoms with Gasteiger partial charge in [0.1, 0.15) is 0 Å². The molecule has 76 valence electrons. The fourth-order valence-corrected chi connectivity index (χ4v) is 1.58. The summed E-state index contributed by atoms with van der Waals surface area (Å²) in [4.78, 5) is 10.5. The van der Waals surface area contributed by atoms with Crippen LogP contribution < -0.4 is 5.73 Å². The molecular formula is C10H14N2O2. The Balaban J connectivity index is 3.43. The lowest BCUT2D eigenvalue weighted by Crippen LogP contribution is -2.03. The molecule has 0 fully saturated rings. The van der Waals surface area contributed by atoms with Crippen molar-refractivity contribution < 1.29 is 4.92 Å². The van der Waals surface area contributed by atoms with Gasteiger partial charge >= 0.3 is 0 Å². The Morgan fingerprint density at radius 1 is 1.36 bits per heavy atom. The predicted octanol–water partition coefficient (Wildman–Crippen LogP) is 2.30. The quantitative estimate of drug-likeness (QED) is 0.456. The molecule has 0 aliphatic rings. The summed E-state index contributed by atoms with van der Waals surface area (Å²) in [7, 11) is 0. The van der Waals surface area contributed by atoms with Crippen LogP contribution in [0.1, 0.15) is 25.0 Å². The standard InChI is InChI=1S/C10H14N2O2/c1-3-7-5-6-9(11)8(4-2)10(7)12(13)14/h5-6H,3-4,11H2,1-2H3. The molecule has 14 heavy (non-hydrogen) atoms. The molecule has 0 radical (unpaired) electrons. The highest BCUT2D eigenvalue weighted by Gasteiger charge is 2.19. The van der Waals surface area contributed by atoms with Crippen molar-refractivity contribution in [3.8, 4) is 0 Å². The number of nitrogens with two attached hydrogens (primary N) is 1. The van der Waals surface area contributed by atoms with Gasteiger partial charge in [-0.15, -0.1) is 0 Å². The van der Waals surface area contributed by atoms with Gasteiger partial charge in [-0.25, -0.2) is 0 Å². The monoisotopic (exact) mass is 194 g/mol. The van der Waals surface area contributed by atoms with Crippen LogP contribution in [0.15, 0.2) is 12.1 Å². The summed E-state index contributed by atoms with van der Waals surface area (Å²) in [6, 6.07) is 3.47. The number of hydrogen-bond donors (Lipinski definition) is 1. The minimum absolute atomic E-state index is 0.190. The lowest BCUT2D eigenvalue weighted by atomic mass is 10.0. The van der Waals surface area contributed by atoms with Crippen molar-refractivity contribution in [3.05, 3.63) is 33.4 Å². The molecule has 0 spiro atoms. The van der Waals surface area contributed by atoms with Gasteiger partial charge in [0.25, 0.3) is 5.69 Å². The molecule has 0 aliphatic carbocycles. The third kappa shape index (κ3) is 1.69. The van der Waals surface area contributed by atoms with Crippen LogP contribution >= 0.6 is 0 Å². The van der Waals surface area contributed by atoms with E-state index in [0.717, 1.165) is 5.56 Å². The van der Waals surface area contributed by atoms with Gasteiger partial charge in [0.05, 0.1) is 10.5 Å². The number of nitrogen functional groups attached to an aromatic ring is 1. The van der Waals surface area contributed by atoms with Gasteiger partial charge < -0.3 is 5.73 Å². The van der Waals surface area contributed by atoms with Crippen molar-refractivity contribution in [1.82, 2.24) is 0 Å². The Bertz CT molecular complexity index is 361. The maximum absolute atomic E-state index is 10.9. The van der Waals surface area contributed by atoms with Gasteiger partial charge in [-0.3, -0.25) is 10.1 Å². The molecule has 0 saturated heterocycles. The van der Waals surface area contributed by atoms with Gasteiger partial charge in [-0.05, 0) is 18.9 Å². The highest BCUT2D eigenvalue weighted by molar-refractivity contribution is 5.61. The van der Waals surface area contributed by atoms with Crippen molar-refractivity contribution in [2.24, 2.45) is 0 Å². The molecular weight excluding hydrogens is 180 g/mol. The van der Waals surface area contributed by atoms with E-state index in [0.29, 0.717) is 24.1 Å². The van der Waals surface area contributed by atoms with Crippen LogP contribution in [0.3, 0.4) is 0 Å². The molecule has 0 heterocycles. The number of nitro groups is 1. The highest BCUT2D eigenvalue weighted by atomic mass is 16.6. The second kappa shape index (κ2) is 4.09. The van der Waals surface area contributed by atoms with E-state index >= 15 is 0 Å². The molecule has 0 amide bonds. The maximum atomic E-state index is 10.9. The first kappa shape index (κ1) is 10.5. The molecule has 0 saturated carbocycles. The summed E-state index contributed by atoms with van der Waals surface area (Å²) in [6.45, 7) is 3.77. The number of rotatable bonds is 3. The zero-order valence-corrected chi connectivity index (χ0v) is 8.41. The Hall–Kier alpha value is -1.58. The molecule has 2 N–H and O–H groups in total. The van der Waals surface area contributed by atoms with Crippen LogP contribution in [-0.4, -0.2) is 4.92 Å². The van der Waals surface area contributed by atoms with E-state index in [1.54, 1.807) is 12.1 Å².